The van der Waals surface area contributed by atoms with Crippen molar-refractivity contribution in [3.63, 3.8) is 0 Å². The maximum atomic E-state index is 11.4. The lowest BCUT2D eigenvalue weighted by atomic mass is 9.70. The summed E-state index contributed by atoms with van der Waals surface area (Å²) in [6.45, 7) is 4.49. The van der Waals surface area contributed by atoms with Gasteiger partial charge in [-0.2, -0.15) is 0 Å². The maximum Gasteiger partial charge on any atom is 0.306 e. The van der Waals surface area contributed by atoms with E-state index in [4.69, 9.17) is 4.74 Å². The predicted molar refractivity (Wildman–Crippen MR) is 58.8 cm³/mol. The Morgan fingerprint density at radius 3 is 2.92 bits per heavy atom. The molecule has 0 N–H and O–H groups in total. The zero-order chi connectivity index (χ0) is 9.69. The molecule has 1 aliphatic heterocycles. The van der Waals surface area contributed by atoms with E-state index in [1.165, 1.54) is 0 Å². The van der Waals surface area contributed by atoms with Gasteiger partial charge in [0.2, 0.25) is 0 Å². The number of halogens is 1. The molecule has 2 fully saturated rings. The second-order valence-electron chi connectivity index (χ2n) is 4.76. The molecule has 3 heteroatoms. The smallest absolute Gasteiger partial charge is 0.306 e. The van der Waals surface area contributed by atoms with Crippen LogP contribution < -0.4 is 0 Å². The summed E-state index contributed by atoms with van der Waals surface area (Å²) in [6, 6.07) is 0. The Balaban J connectivity index is 2.37. The summed E-state index contributed by atoms with van der Waals surface area (Å²) in [7, 11) is 0. The normalized spacial score (nSPS) is 41.8. The van der Waals surface area contributed by atoms with E-state index in [-0.39, 0.29) is 17.0 Å². The van der Waals surface area contributed by atoms with Gasteiger partial charge in [0.1, 0.15) is 5.60 Å². The Labute approximate surface area is 92.5 Å². The summed E-state index contributed by atoms with van der Waals surface area (Å²) < 4.78 is 6.51. The lowest BCUT2D eigenvalue weighted by molar-refractivity contribution is -0.180. The van der Waals surface area contributed by atoms with Gasteiger partial charge in [0.05, 0.1) is 0 Å². The van der Waals surface area contributed by atoms with Crippen molar-refractivity contribution < 1.29 is 9.53 Å². The lowest BCUT2D eigenvalue weighted by Crippen LogP contribution is -2.52. The van der Waals surface area contributed by atoms with Gasteiger partial charge in [0.25, 0.3) is 0 Å². The van der Waals surface area contributed by atoms with E-state index in [0.717, 1.165) is 17.3 Å². The van der Waals surface area contributed by atoms with Gasteiger partial charge in [0, 0.05) is 16.3 Å². The number of ether oxygens (including phenoxy) is 1. The van der Waals surface area contributed by atoms with E-state index < -0.39 is 0 Å². The van der Waals surface area contributed by atoms with E-state index in [9.17, 15) is 4.79 Å². The van der Waals surface area contributed by atoms with Crippen LogP contribution in [-0.4, -0.2) is 16.0 Å². The molecule has 1 heterocycles. The molecule has 2 nitrogen and oxygen atoms in total. The summed E-state index contributed by atoms with van der Waals surface area (Å²) in [6.07, 6.45) is 2.84. The zero-order valence-electron chi connectivity index (χ0n) is 8.10. The third kappa shape index (κ3) is 1.15. The van der Waals surface area contributed by atoms with Crippen LogP contribution >= 0.6 is 22.6 Å². The summed E-state index contributed by atoms with van der Waals surface area (Å²) in [5, 5.41) is 0. The minimum absolute atomic E-state index is 0.0125. The van der Waals surface area contributed by atoms with Crippen LogP contribution in [0.5, 0.6) is 0 Å². The molecule has 1 aliphatic carbocycles. The molecule has 0 aromatic heterocycles. The average molecular weight is 294 g/mol. The number of alkyl halides is 1. The SMILES string of the molecule is CC1(C)[C@H]2CC[C@]1(CI)OC(=O)C2. The second kappa shape index (κ2) is 2.84. The molecule has 0 spiro atoms. The van der Waals surface area contributed by atoms with Gasteiger partial charge in [-0.1, -0.05) is 36.4 Å². The molecule has 0 aromatic carbocycles. The first-order valence-corrected chi connectivity index (χ1v) is 6.32. The van der Waals surface area contributed by atoms with Crippen LogP contribution in [0.2, 0.25) is 0 Å². The molecule has 2 aliphatic rings. The molecule has 0 aromatic rings. The molecule has 13 heavy (non-hydrogen) atoms. The molecular formula is C10H15IO2. The van der Waals surface area contributed by atoms with Crippen LogP contribution in [0.15, 0.2) is 0 Å². The fourth-order valence-corrected chi connectivity index (χ4v) is 4.25. The van der Waals surface area contributed by atoms with Crippen molar-refractivity contribution in [1.82, 2.24) is 0 Å². The Morgan fingerprint density at radius 1 is 1.62 bits per heavy atom. The number of carbonyl (C=O) groups excluding carboxylic acids is 1. The van der Waals surface area contributed by atoms with Crippen molar-refractivity contribution in [2.45, 2.75) is 38.7 Å². The quantitative estimate of drug-likeness (QED) is 0.422. The van der Waals surface area contributed by atoms with E-state index in [1.807, 2.05) is 0 Å². The molecule has 0 radical (unpaired) electrons. The number of hydrogen-bond donors (Lipinski definition) is 0. The third-order valence-electron chi connectivity index (χ3n) is 4.03. The Bertz CT molecular complexity index is 249. The summed E-state index contributed by atoms with van der Waals surface area (Å²) >= 11 is 2.34. The monoisotopic (exact) mass is 294 g/mol. The topological polar surface area (TPSA) is 26.3 Å². The minimum Gasteiger partial charge on any atom is -0.458 e. The van der Waals surface area contributed by atoms with Crippen molar-refractivity contribution >= 4 is 28.6 Å². The highest BCUT2D eigenvalue weighted by atomic mass is 127. The number of fused-ring (bicyclic) bond motifs is 2. The molecule has 1 saturated heterocycles. The summed E-state index contributed by atoms with van der Waals surface area (Å²) in [5.41, 5.74) is 0.0235. The van der Waals surface area contributed by atoms with Gasteiger partial charge in [-0.15, -0.1) is 0 Å². The van der Waals surface area contributed by atoms with Crippen LogP contribution in [0.4, 0.5) is 0 Å². The van der Waals surface area contributed by atoms with E-state index >= 15 is 0 Å². The predicted octanol–water partition coefficient (Wildman–Crippen LogP) is 2.54. The first-order chi connectivity index (χ1) is 6.02. The fraction of sp³-hybridized carbons (Fsp3) is 0.900. The number of esters is 1. The highest BCUT2D eigenvalue weighted by Gasteiger charge is 2.59. The van der Waals surface area contributed by atoms with Gasteiger partial charge in [-0.05, 0) is 18.8 Å². The average Bonchev–Trinajstić information content (AvgIpc) is 2.23. The standard InChI is InChI=1S/C10H15IO2/c1-9(2)7-3-4-10(9,6-11)13-8(12)5-7/h7H,3-6H2,1-2H3/t7-,10+/m0/s1. The first kappa shape index (κ1) is 9.74. The first-order valence-electron chi connectivity index (χ1n) is 4.80. The Kier molecular flexibility index (Phi) is 2.13. The third-order valence-corrected chi connectivity index (χ3v) is 5.26. The van der Waals surface area contributed by atoms with Gasteiger partial charge in [-0.25, -0.2) is 0 Å². The molecule has 0 unspecified atom stereocenters. The summed E-state index contributed by atoms with van der Waals surface area (Å²) in [4.78, 5) is 11.4. The number of hydrogen-bond acceptors (Lipinski definition) is 2. The maximum absolute atomic E-state index is 11.4. The highest BCUT2D eigenvalue weighted by molar-refractivity contribution is 14.1. The van der Waals surface area contributed by atoms with E-state index in [1.54, 1.807) is 0 Å². The molecule has 0 amide bonds. The van der Waals surface area contributed by atoms with Crippen molar-refractivity contribution in [2.24, 2.45) is 11.3 Å². The Morgan fingerprint density at radius 2 is 2.31 bits per heavy atom. The Hall–Kier alpha value is 0.200. The largest absolute Gasteiger partial charge is 0.458 e. The summed E-state index contributed by atoms with van der Waals surface area (Å²) in [5.74, 6) is 0.557. The van der Waals surface area contributed by atoms with Crippen molar-refractivity contribution in [3.05, 3.63) is 0 Å². The molecular weight excluding hydrogens is 279 g/mol. The van der Waals surface area contributed by atoms with Crippen LogP contribution in [0.1, 0.15) is 33.1 Å². The van der Waals surface area contributed by atoms with Crippen LogP contribution in [0, 0.1) is 11.3 Å². The highest BCUT2D eigenvalue weighted by Crippen LogP contribution is 2.57. The van der Waals surface area contributed by atoms with Gasteiger partial charge >= 0.3 is 5.97 Å². The van der Waals surface area contributed by atoms with Crippen LogP contribution in [-0.2, 0) is 9.53 Å². The van der Waals surface area contributed by atoms with Crippen molar-refractivity contribution in [2.75, 3.05) is 4.43 Å². The molecule has 2 rings (SSSR count). The van der Waals surface area contributed by atoms with Crippen LogP contribution in [0.25, 0.3) is 0 Å². The van der Waals surface area contributed by atoms with Gasteiger partial charge in [-0.3, -0.25) is 4.79 Å². The van der Waals surface area contributed by atoms with Crippen molar-refractivity contribution in [1.29, 1.82) is 0 Å². The van der Waals surface area contributed by atoms with E-state index in [0.29, 0.717) is 12.3 Å². The van der Waals surface area contributed by atoms with Crippen molar-refractivity contribution in [3.8, 4) is 0 Å². The van der Waals surface area contributed by atoms with Crippen LogP contribution in [0.3, 0.4) is 0 Å². The minimum atomic E-state index is -0.159. The van der Waals surface area contributed by atoms with Gasteiger partial charge < -0.3 is 4.74 Å². The molecule has 74 valence electrons. The number of carbonyl (C=O) groups is 1. The fourth-order valence-electron chi connectivity index (χ4n) is 2.73. The molecule has 2 atom stereocenters. The molecule has 2 bridgehead atoms. The van der Waals surface area contributed by atoms with Gasteiger partial charge in [0.15, 0.2) is 0 Å². The zero-order valence-corrected chi connectivity index (χ0v) is 10.3. The second-order valence-corrected chi connectivity index (χ2v) is 5.53. The molecule has 1 saturated carbocycles. The van der Waals surface area contributed by atoms with E-state index in [2.05, 4.69) is 36.4 Å². The number of rotatable bonds is 1. The lowest BCUT2D eigenvalue weighted by Gasteiger charge is -2.45.